The number of imidazole rings is 1. The zero-order valence-electron chi connectivity index (χ0n) is 14.0. The van der Waals surface area contributed by atoms with E-state index in [1.165, 1.54) is 0 Å². The van der Waals surface area contributed by atoms with Gasteiger partial charge < -0.3 is 9.88 Å². The van der Waals surface area contributed by atoms with Gasteiger partial charge in [0.25, 0.3) is 5.91 Å². The van der Waals surface area contributed by atoms with Gasteiger partial charge in [0.15, 0.2) is 0 Å². The fourth-order valence-corrected chi connectivity index (χ4v) is 3.65. The lowest BCUT2D eigenvalue weighted by molar-refractivity contribution is 0.102. The van der Waals surface area contributed by atoms with Gasteiger partial charge in [0.1, 0.15) is 5.82 Å². The summed E-state index contributed by atoms with van der Waals surface area (Å²) in [5.41, 5.74) is 3.45. The van der Waals surface area contributed by atoms with Crippen molar-refractivity contribution in [2.75, 3.05) is 18.4 Å². The summed E-state index contributed by atoms with van der Waals surface area (Å²) in [6.07, 6.45) is 0. The van der Waals surface area contributed by atoms with Gasteiger partial charge in [-0.2, -0.15) is 0 Å². The highest BCUT2D eigenvalue weighted by Crippen LogP contribution is 2.24. The van der Waals surface area contributed by atoms with Crippen LogP contribution >= 0.6 is 15.9 Å². The number of likely N-dealkylation sites (N-methyl/N-ethyl adjacent to an activating group) is 1. The number of aromatic nitrogens is 2. The topological polar surface area (TPSA) is 50.2 Å². The number of amides is 1. The van der Waals surface area contributed by atoms with Crippen LogP contribution in [0.2, 0.25) is 0 Å². The Labute approximate surface area is 154 Å². The van der Waals surface area contributed by atoms with Crippen LogP contribution in [0.5, 0.6) is 0 Å². The first-order chi connectivity index (χ1) is 12.1. The second kappa shape index (κ2) is 6.61. The second-order valence-electron chi connectivity index (χ2n) is 6.22. The van der Waals surface area contributed by atoms with Crippen molar-refractivity contribution in [1.82, 2.24) is 14.5 Å². The molecule has 0 unspecified atom stereocenters. The van der Waals surface area contributed by atoms with Crippen molar-refractivity contribution >= 4 is 38.6 Å². The third-order valence-corrected chi connectivity index (χ3v) is 5.12. The summed E-state index contributed by atoms with van der Waals surface area (Å²) in [7, 11) is 0. The number of carbonyl (C=O) groups is 1. The van der Waals surface area contributed by atoms with E-state index >= 15 is 0 Å². The van der Waals surface area contributed by atoms with Gasteiger partial charge in [-0.05, 0) is 42.9 Å². The van der Waals surface area contributed by atoms with Crippen LogP contribution < -0.4 is 5.32 Å². The zero-order chi connectivity index (χ0) is 17.4. The van der Waals surface area contributed by atoms with E-state index in [2.05, 4.69) is 37.6 Å². The van der Waals surface area contributed by atoms with E-state index in [-0.39, 0.29) is 5.91 Å². The Bertz CT molecular complexity index is 950. The molecule has 0 radical (unpaired) electrons. The van der Waals surface area contributed by atoms with Crippen LogP contribution in [0.15, 0.2) is 46.9 Å². The molecule has 1 aliphatic rings. The number of hydrogen-bond acceptors (Lipinski definition) is 3. The minimum Gasteiger partial charge on any atom is -0.326 e. The van der Waals surface area contributed by atoms with Crippen molar-refractivity contribution in [3.63, 3.8) is 0 Å². The van der Waals surface area contributed by atoms with Gasteiger partial charge in [-0.25, -0.2) is 4.98 Å². The Morgan fingerprint density at radius 2 is 2.12 bits per heavy atom. The Hall–Kier alpha value is -2.18. The summed E-state index contributed by atoms with van der Waals surface area (Å²) in [4.78, 5) is 19.6. The highest BCUT2D eigenvalue weighted by Gasteiger charge is 2.19. The molecule has 0 saturated heterocycles. The Morgan fingerprint density at radius 1 is 1.24 bits per heavy atom. The van der Waals surface area contributed by atoms with Crippen molar-refractivity contribution in [3.8, 4) is 0 Å². The lowest BCUT2D eigenvalue weighted by atomic mass is 10.2. The van der Waals surface area contributed by atoms with Gasteiger partial charge in [-0.15, -0.1) is 0 Å². The summed E-state index contributed by atoms with van der Waals surface area (Å²) in [6.45, 7) is 6.11. The number of fused-ring (bicyclic) bond motifs is 3. The number of nitrogens with one attached hydrogen (secondary N) is 1. The molecule has 4 rings (SSSR count). The molecule has 3 aromatic rings. The molecule has 0 spiro atoms. The zero-order valence-corrected chi connectivity index (χ0v) is 15.6. The van der Waals surface area contributed by atoms with Crippen LogP contribution in [0.1, 0.15) is 23.1 Å². The molecule has 0 saturated carbocycles. The van der Waals surface area contributed by atoms with E-state index in [0.717, 1.165) is 53.2 Å². The second-order valence-corrected chi connectivity index (χ2v) is 7.13. The van der Waals surface area contributed by atoms with E-state index in [9.17, 15) is 4.79 Å². The molecular weight excluding hydrogens is 380 g/mol. The molecule has 25 heavy (non-hydrogen) atoms. The molecule has 6 heteroatoms. The van der Waals surface area contributed by atoms with Crippen molar-refractivity contribution in [3.05, 3.63) is 58.3 Å². The number of rotatable bonds is 3. The number of halogens is 1. The molecule has 2 heterocycles. The molecule has 0 fully saturated rings. The third kappa shape index (κ3) is 3.19. The number of carbonyl (C=O) groups excluding carboxylic acids is 1. The summed E-state index contributed by atoms with van der Waals surface area (Å²) >= 11 is 3.39. The van der Waals surface area contributed by atoms with Crippen LogP contribution in [0.3, 0.4) is 0 Å². The first-order valence-corrected chi connectivity index (χ1v) is 9.22. The van der Waals surface area contributed by atoms with E-state index < -0.39 is 0 Å². The highest BCUT2D eigenvalue weighted by molar-refractivity contribution is 9.10. The minimum absolute atomic E-state index is 0.123. The minimum atomic E-state index is -0.123. The number of nitrogens with zero attached hydrogens (tertiary/aromatic N) is 3. The van der Waals surface area contributed by atoms with Gasteiger partial charge >= 0.3 is 0 Å². The summed E-state index contributed by atoms with van der Waals surface area (Å²) in [5.74, 6) is 0.973. The molecule has 2 aromatic carbocycles. The van der Waals surface area contributed by atoms with Gasteiger partial charge in [0.2, 0.25) is 0 Å². The number of anilines is 1. The van der Waals surface area contributed by atoms with Crippen molar-refractivity contribution in [1.29, 1.82) is 0 Å². The van der Waals surface area contributed by atoms with E-state index in [1.807, 2.05) is 36.4 Å². The Morgan fingerprint density at radius 3 is 2.92 bits per heavy atom. The van der Waals surface area contributed by atoms with E-state index in [4.69, 9.17) is 4.98 Å². The molecule has 1 N–H and O–H groups in total. The summed E-state index contributed by atoms with van der Waals surface area (Å²) in [5, 5.41) is 2.96. The van der Waals surface area contributed by atoms with Crippen LogP contribution in [-0.2, 0) is 13.1 Å². The summed E-state index contributed by atoms with van der Waals surface area (Å²) in [6, 6.07) is 13.3. The predicted molar refractivity (Wildman–Crippen MR) is 103 cm³/mol. The molecule has 0 bridgehead atoms. The molecule has 1 amide bonds. The van der Waals surface area contributed by atoms with Crippen molar-refractivity contribution < 1.29 is 4.79 Å². The van der Waals surface area contributed by atoms with Gasteiger partial charge in [0.05, 0.1) is 17.6 Å². The van der Waals surface area contributed by atoms with E-state index in [0.29, 0.717) is 5.56 Å². The number of benzene rings is 2. The predicted octanol–water partition coefficient (Wildman–Crippen LogP) is 3.89. The van der Waals surface area contributed by atoms with Gasteiger partial charge in [-0.1, -0.05) is 28.9 Å². The molecule has 128 valence electrons. The largest absolute Gasteiger partial charge is 0.326 e. The molecule has 1 aliphatic heterocycles. The first-order valence-electron chi connectivity index (χ1n) is 8.42. The average molecular weight is 399 g/mol. The third-order valence-electron chi connectivity index (χ3n) is 4.62. The molecule has 5 nitrogen and oxygen atoms in total. The van der Waals surface area contributed by atoms with Crippen LogP contribution in [0.25, 0.3) is 11.0 Å². The average Bonchev–Trinajstić information content (AvgIpc) is 2.98. The maximum Gasteiger partial charge on any atom is 0.255 e. The lowest BCUT2D eigenvalue weighted by Crippen LogP contribution is -2.33. The van der Waals surface area contributed by atoms with Crippen molar-refractivity contribution in [2.24, 2.45) is 0 Å². The Balaban J connectivity index is 1.60. The normalized spacial score (nSPS) is 14.5. The van der Waals surface area contributed by atoms with Crippen LogP contribution in [-0.4, -0.2) is 33.4 Å². The lowest BCUT2D eigenvalue weighted by Gasteiger charge is -2.26. The van der Waals surface area contributed by atoms with Crippen molar-refractivity contribution in [2.45, 2.75) is 20.0 Å². The van der Waals surface area contributed by atoms with Crippen LogP contribution in [0, 0.1) is 0 Å². The maximum absolute atomic E-state index is 12.4. The monoisotopic (exact) mass is 398 g/mol. The van der Waals surface area contributed by atoms with E-state index in [1.54, 1.807) is 6.07 Å². The standard InChI is InChI=1S/C19H19BrN4O/c1-2-23-8-9-24-17-7-6-15(11-16(17)22-18(24)12-23)21-19(25)13-4-3-5-14(20)10-13/h3-7,10-11H,2,8-9,12H2,1H3,(H,21,25). The fraction of sp³-hybridized carbons (Fsp3) is 0.263. The summed E-state index contributed by atoms with van der Waals surface area (Å²) < 4.78 is 3.17. The molecule has 0 atom stereocenters. The molecular formula is C19H19BrN4O. The highest BCUT2D eigenvalue weighted by atomic mass is 79.9. The Kier molecular flexibility index (Phi) is 4.31. The van der Waals surface area contributed by atoms with Crippen LogP contribution in [0.4, 0.5) is 5.69 Å². The first kappa shape index (κ1) is 16.3. The van der Waals surface area contributed by atoms with Gasteiger partial charge in [-0.3, -0.25) is 9.69 Å². The molecule has 1 aromatic heterocycles. The van der Waals surface area contributed by atoms with Gasteiger partial charge in [0, 0.05) is 28.8 Å². The maximum atomic E-state index is 12.4. The smallest absolute Gasteiger partial charge is 0.255 e. The SMILES string of the molecule is CCN1CCn2c(nc3cc(NC(=O)c4cccc(Br)c4)ccc32)C1. The fourth-order valence-electron chi connectivity index (χ4n) is 3.25. The quantitative estimate of drug-likeness (QED) is 0.727. The molecule has 0 aliphatic carbocycles. The number of hydrogen-bond donors (Lipinski definition) is 1.